The fourth-order valence-electron chi connectivity index (χ4n) is 0. The molecule has 0 amide bonds. The number of hydrogen-bond acceptors (Lipinski definition) is 1. The quantitative estimate of drug-likeness (QED) is 0.381. The Hall–Kier alpha value is 0.878. The van der Waals surface area contributed by atoms with Crippen LogP contribution >= 0.6 is 9.90 Å². The summed E-state index contributed by atoms with van der Waals surface area (Å²) >= 11 is -1.78. The molecule has 4 heteroatoms. The molecule has 0 saturated heterocycles. The SMILES string of the molecule is P.[O]=[Mo][OH]. The van der Waals surface area contributed by atoms with Crippen molar-refractivity contribution in [2.75, 3.05) is 0 Å². The Labute approximate surface area is 36.5 Å². The molecule has 1 N–H and O–H groups in total. The molecular formula is H4MoO2P. The van der Waals surface area contributed by atoms with Crippen molar-refractivity contribution in [2.45, 2.75) is 0 Å². The van der Waals surface area contributed by atoms with Crippen LogP contribution in [-0.4, -0.2) is 3.76 Å². The van der Waals surface area contributed by atoms with E-state index in [1.165, 1.54) is 0 Å². The van der Waals surface area contributed by atoms with Gasteiger partial charge in [-0.05, 0) is 0 Å². The van der Waals surface area contributed by atoms with Gasteiger partial charge >= 0.3 is 26.1 Å². The van der Waals surface area contributed by atoms with Crippen molar-refractivity contribution >= 4 is 9.90 Å². The van der Waals surface area contributed by atoms with Gasteiger partial charge in [-0.2, -0.15) is 9.90 Å². The van der Waals surface area contributed by atoms with E-state index in [1.807, 2.05) is 0 Å². The molecule has 0 aromatic heterocycles. The molecule has 0 rings (SSSR count). The monoisotopic (exact) mass is 165 g/mol. The van der Waals surface area contributed by atoms with Gasteiger partial charge in [0.05, 0.1) is 0 Å². The molecular weight excluding hydrogens is 159 g/mol. The Morgan fingerprint density at radius 1 is 1.75 bits per heavy atom. The van der Waals surface area contributed by atoms with Crippen LogP contribution in [0.2, 0.25) is 0 Å². The molecule has 0 aliphatic carbocycles. The van der Waals surface area contributed by atoms with E-state index in [-0.39, 0.29) is 9.90 Å². The van der Waals surface area contributed by atoms with Crippen LogP contribution in [0, 0.1) is 0 Å². The third kappa shape index (κ3) is 13.2. The van der Waals surface area contributed by atoms with Gasteiger partial charge in [0.25, 0.3) is 0 Å². The second kappa shape index (κ2) is 9.11. The first-order valence-electron chi connectivity index (χ1n) is 0.349. The van der Waals surface area contributed by atoms with Crippen LogP contribution in [0.25, 0.3) is 0 Å². The molecule has 1 unspecified atom stereocenters. The third-order valence-electron chi connectivity index (χ3n) is 0. The fourth-order valence-corrected chi connectivity index (χ4v) is 0. The standard InChI is InChI=1S/Mo.H2O.O.H3P/h;1H2;;1H3/q+1;;;/p-1. The minimum atomic E-state index is -1.78. The minimum absolute atomic E-state index is 0. The van der Waals surface area contributed by atoms with Crippen molar-refractivity contribution in [1.29, 1.82) is 0 Å². The van der Waals surface area contributed by atoms with Gasteiger partial charge in [0, 0.05) is 0 Å². The average Bonchev–Trinajstić information content (AvgIpc) is 0.918. The summed E-state index contributed by atoms with van der Waals surface area (Å²) in [6.45, 7) is 0. The fraction of sp³-hybridized carbons (Fsp3) is 0. The van der Waals surface area contributed by atoms with Gasteiger partial charge in [-0.3, -0.25) is 0 Å². The number of rotatable bonds is 0. The van der Waals surface area contributed by atoms with Crippen molar-refractivity contribution < 1.29 is 26.1 Å². The van der Waals surface area contributed by atoms with E-state index in [0.717, 1.165) is 0 Å². The molecule has 0 spiro atoms. The van der Waals surface area contributed by atoms with Gasteiger partial charge in [0.15, 0.2) is 0 Å². The molecule has 0 fully saturated rings. The van der Waals surface area contributed by atoms with E-state index in [1.54, 1.807) is 0 Å². The van der Waals surface area contributed by atoms with Crippen LogP contribution in [0.4, 0.5) is 0 Å². The Bertz CT molecular complexity index is 13.5. The Balaban J connectivity index is 0. The average molecular weight is 163 g/mol. The molecule has 0 saturated carbocycles. The Morgan fingerprint density at radius 3 is 1.75 bits per heavy atom. The Morgan fingerprint density at radius 2 is 1.75 bits per heavy atom. The molecule has 2 nitrogen and oxygen atoms in total. The van der Waals surface area contributed by atoms with Gasteiger partial charge in [0.1, 0.15) is 0 Å². The predicted molar refractivity (Wildman–Crippen MR) is 14.0 cm³/mol. The molecule has 0 aliphatic heterocycles. The summed E-state index contributed by atoms with van der Waals surface area (Å²) in [6.07, 6.45) is 0. The first-order valence-corrected chi connectivity index (χ1v) is 2.07. The van der Waals surface area contributed by atoms with Crippen molar-refractivity contribution in [3.05, 3.63) is 0 Å². The van der Waals surface area contributed by atoms with Crippen molar-refractivity contribution in [3.63, 3.8) is 0 Å². The molecule has 0 aromatic carbocycles. The topological polar surface area (TPSA) is 37.3 Å². The molecule has 0 aliphatic rings. The summed E-state index contributed by atoms with van der Waals surface area (Å²) in [7, 11) is 0. The first kappa shape index (κ1) is 8.86. The summed E-state index contributed by atoms with van der Waals surface area (Å²) in [6, 6.07) is 0. The van der Waals surface area contributed by atoms with E-state index >= 15 is 0 Å². The van der Waals surface area contributed by atoms with E-state index in [4.69, 9.17) is 7.16 Å². The van der Waals surface area contributed by atoms with Crippen LogP contribution in [-0.2, 0) is 22.3 Å². The second-order valence-electron chi connectivity index (χ2n) is 0.0745. The molecule has 27 valence electrons. The molecule has 0 radical (unpaired) electrons. The van der Waals surface area contributed by atoms with Gasteiger partial charge in [0.2, 0.25) is 0 Å². The van der Waals surface area contributed by atoms with Gasteiger partial charge in [-0.1, -0.05) is 0 Å². The third-order valence-corrected chi connectivity index (χ3v) is 0. The zero-order valence-corrected chi connectivity index (χ0v) is 5.39. The van der Waals surface area contributed by atoms with E-state index < -0.39 is 18.9 Å². The molecule has 0 heterocycles. The van der Waals surface area contributed by atoms with Crippen LogP contribution < -0.4 is 0 Å². The van der Waals surface area contributed by atoms with E-state index in [9.17, 15) is 0 Å². The van der Waals surface area contributed by atoms with Gasteiger partial charge in [-0.25, -0.2) is 0 Å². The Kier molecular flexibility index (Phi) is 20.2. The molecule has 4 heavy (non-hydrogen) atoms. The van der Waals surface area contributed by atoms with Crippen molar-refractivity contribution in [2.24, 2.45) is 0 Å². The maximum atomic E-state index is 8.62. The maximum absolute atomic E-state index is 8.62. The summed E-state index contributed by atoms with van der Waals surface area (Å²) in [5, 5.41) is 0. The zero-order valence-electron chi connectivity index (χ0n) is 1.97. The van der Waals surface area contributed by atoms with Crippen molar-refractivity contribution in [3.8, 4) is 0 Å². The van der Waals surface area contributed by atoms with Gasteiger partial charge in [-0.15, -0.1) is 0 Å². The van der Waals surface area contributed by atoms with Crippen LogP contribution in [0.15, 0.2) is 0 Å². The molecule has 1 atom stereocenters. The first-order chi connectivity index (χ1) is 1.41. The predicted octanol–water partition coefficient (Wildman–Crippen LogP) is -0.620. The summed E-state index contributed by atoms with van der Waals surface area (Å²) in [5.41, 5.74) is 0. The molecule has 0 aromatic rings. The van der Waals surface area contributed by atoms with Crippen LogP contribution in [0.5, 0.6) is 0 Å². The molecule has 0 bridgehead atoms. The summed E-state index contributed by atoms with van der Waals surface area (Å²) in [5.74, 6) is 0. The summed E-state index contributed by atoms with van der Waals surface area (Å²) < 4.78 is 15.8. The van der Waals surface area contributed by atoms with E-state index in [0.29, 0.717) is 0 Å². The normalized spacial score (nSPS) is 3.25. The zero-order chi connectivity index (χ0) is 2.71. The second-order valence-corrected chi connectivity index (χ2v) is 0.441. The van der Waals surface area contributed by atoms with E-state index in [2.05, 4.69) is 0 Å². The van der Waals surface area contributed by atoms with Crippen molar-refractivity contribution in [1.82, 2.24) is 0 Å². The van der Waals surface area contributed by atoms with Crippen LogP contribution in [0.3, 0.4) is 0 Å². The number of hydrogen-bond donors (Lipinski definition) is 1. The summed E-state index contributed by atoms with van der Waals surface area (Å²) in [4.78, 5) is 0. The van der Waals surface area contributed by atoms with Crippen LogP contribution in [0.1, 0.15) is 0 Å². The van der Waals surface area contributed by atoms with Gasteiger partial charge < -0.3 is 0 Å².